The van der Waals surface area contributed by atoms with Gasteiger partial charge < -0.3 is 13.9 Å². The van der Waals surface area contributed by atoms with E-state index in [9.17, 15) is 9.59 Å². The molecular weight excluding hydrogens is 296 g/mol. The summed E-state index contributed by atoms with van der Waals surface area (Å²) >= 11 is 0. The molecule has 0 radical (unpaired) electrons. The van der Waals surface area contributed by atoms with E-state index < -0.39 is 0 Å². The molecule has 1 aromatic rings. The Morgan fingerprint density at radius 1 is 1.22 bits per heavy atom. The van der Waals surface area contributed by atoms with Gasteiger partial charge in [0.25, 0.3) is 0 Å². The van der Waals surface area contributed by atoms with Crippen LogP contribution in [-0.2, 0) is 25.5 Å². The molecule has 0 unspecified atom stereocenters. The van der Waals surface area contributed by atoms with Gasteiger partial charge in [-0.3, -0.25) is 9.59 Å². The Balaban J connectivity index is 2.02. The van der Waals surface area contributed by atoms with Gasteiger partial charge in [0.2, 0.25) is 23.1 Å². The van der Waals surface area contributed by atoms with E-state index in [1.165, 1.54) is 20.3 Å². The first-order valence-corrected chi connectivity index (χ1v) is 7.35. The van der Waals surface area contributed by atoms with Crippen LogP contribution in [0.25, 0.3) is 0 Å². The number of aryl methyl sites for hydroxylation is 1. The molecular formula is C18H20O5. The first-order chi connectivity index (χ1) is 11.1. The number of carbonyl (C=O) groups is 2. The third-order valence-corrected chi connectivity index (χ3v) is 3.62. The van der Waals surface area contributed by atoms with Crippen molar-refractivity contribution in [2.24, 2.45) is 0 Å². The summed E-state index contributed by atoms with van der Waals surface area (Å²) in [5, 5.41) is 0. The van der Waals surface area contributed by atoms with E-state index in [-0.39, 0.29) is 23.1 Å². The van der Waals surface area contributed by atoms with Crippen molar-refractivity contribution in [3.05, 3.63) is 59.0 Å². The Kier molecular flexibility index (Phi) is 5.57. The molecule has 5 heteroatoms. The minimum absolute atomic E-state index is 0.0267. The molecule has 0 N–H and O–H groups in total. The minimum atomic E-state index is -0.342. The van der Waals surface area contributed by atoms with Crippen LogP contribution >= 0.6 is 0 Å². The van der Waals surface area contributed by atoms with E-state index in [2.05, 4.69) is 6.08 Å². The lowest BCUT2D eigenvalue weighted by molar-refractivity contribution is -0.120. The minimum Gasteiger partial charge on any atom is -0.490 e. The molecule has 0 saturated heterocycles. The molecule has 0 amide bonds. The standard InChI is InChI=1S/C18H20O5/c1-12(5-4-6-13-7-8-23-11-13)9-14-10-15(19)17(21-2)18(22-3)16(14)20/h5,7-8,10-11H,4,6,9H2,1-3H3. The fourth-order valence-corrected chi connectivity index (χ4v) is 2.45. The molecule has 122 valence electrons. The van der Waals surface area contributed by atoms with E-state index in [1.54, 1.807) is 12.5 Å². The number of furan rings is 1. The van der Waals surface area contributed by atoms with Crippen LogP contribution in [0.15, 0.2) is 57.8 Å². The van der Waals surface area contributed by atoms with Gasteiger partial charge in [0.05, 0.1) is 26.7 Å². The SMILES string of the molecule is COC1=C(OC)C(=O)C(CC(C)=CCCc2ccoc2)=CC1=O. The molecule has 23 heavy (non-hydrogen) atoms. The number of Topliss-reactive ketones (excluding diaryl/α,β-unsaturated/α-hetero) is 1. The molecule has 0 atom stereocenters. The van der Waals surface area contributed by atoms with Gasteiger partial charge in [-0.05, 0) is 43.9 Å². The first-order valence-electron chi connectivity index (χ1n) is 7.35. The highest BCUT2D eigenvalue weighted by molar-refractivity contribution is 6.21. The average Bonchev–Trinajstić information content (AvgIpc) is 3.03. The summed E-state index contributed by atoms with van der Waals surface area (Å²) in [5.41, 5.74) is 2.58. The van der Waals surface area contributed by atoms with Gasteiger partial charge in [0, 0.05) is 5.57 Å². The summed E-state index contributed by atoms with van der Waals surface area (Å²) < 4.78 is 15.0. The van der Waals surface area contributed by atoms with Crippen LogP contribution in [0.1, 0.15) is 25.3 Å². The topological polar surface area (TPSA) is 65.7 Å². The van der Waals surface area contributed by atoms with Gasteiger partial charge in [0.1, 0.15) is 0 Å². The van der Waals surface area contributed by atoms with Crippen LogP contribution in [0.3, 0.4) is 0 Å². The third kappa shape index (κ3) is 4.00. The van der Waals surface area contributed by atoms with Crippen molar-refractivity contribution >= 4 is 11.6 Å². The van der Waals surface area contributed by atoms with Gasteiger partial charge >= 0.3 is 0 Å². The zero-order valence-corrected chi connectivity index (χ0v) is 13.5. The lowest BCUT2D eigenvalue weighted by Gasteiger charge is -2.17. The van der Waals surface area contributed by atoms with Gasteiger partial charge in [-0.1, -0.05) is 11.6 Å². The molecule has 1 aromatic heterocycles. The molecule has 0 fully saturated rings. The Morgan fingerprint density at radius 2 is 1.96 bits per heavy atom. The zero-order valence-electron chi connectivity index (χ0n) is 13.5. The normalized spacial score (nSPS) is 15.8. The van der Waals surface area contributed by atoms with E-state index in [0.717, 1.165) is 24.0 Å². The second-order valence-corrected chi connectivity index (χ2v) is 5.33. The van der Waals surface area contributed by atoms with Crippen LogP contribution in [0.4, 0.5) is 0 Å². The summed E-state index contributed by atoms with van der Waals surface area (Å²) in [7, 11) is 2.70. The van der Waals surface area contributed by atoms with Crippen LogP contribution in [0.5, 0.6) is 0 Å². The highest BCUT2D eigenvalue weighted by Gasteiger charge is 2.30. The molecule has 0 saturated carbocycles. The number of methoxy groups -OCH3 is 2. The molecule has 5 nitrogen and oxygen atoms in total. The van der Waals surface area contributed by atoms with Gasteiger partial charge in [-0.2, -0.15) is 0 Å². The van der Waals surface area contributed by atoms with Gasteiger partial charge in [-0.15, -0.1) is 0 Å². The van der Waals surface area contributed by atoms with Crippen LogP contribution in [0, 0.1) is 0 Å². The summed E-state index contributed by atoms with van der Waals surface area (Å²) in [5.74, 6) is -0.708. The average molecular weight is 316 g/mol. The molecule has 1 heterocycles. The Morgan fingerprint density at radius 3 is 2.57 bits per heavy atom. The lowest BCUT2D eigenvalue weighted by atomic mass is 9.94. The second kappa shape index (κ2) is 7.63. The summed E-state index contributed by atoms with van der Waals surface area (Å²) in [6.45, 7) is 1.94. The Bertz CT molecular complexity index is 674. The first kappa shape index (κ1) is 16.8. The molecule has 1 aliphatic carbocycles. The van der Waals surface area contributed by atoms with E-state index in [1.807, 2.05) is 13.0 Å². The van der Waals surface area contributed by atoms with Crippen LogP contribution in [-0.4, -0.2) is 25.8 Å². The quantitative estimate of drug-likeness (QED) is 0.571. The molecule has 2 rings (SSSR count). The number of ketones is 2. The largest absolute Gasteiger partial charge is 0.490 e. The maximum atomic E-state index is 12.3. The molecule has 0 aliphatic heterocycles. The predicted molar refractivity (Wildman–Crippen MR) is 84.5 cm³/mol. The highest BCUT2D eigenvalue weighted by Crippen LogP contribution is 2.24. The smallest absolute Gasteiger partial charge is 0.228 e. The number of carbonyl (C=O) groups excluding carboxylic acids is 2. The van der Waals surface area contributed by atoms with Crippen molar-refractivity contribution < 1.29 is 23.5 Å². The molecule has 1 aliphatic rings. The number of allylic oxidation sites excluding steroid dienone is 4. The Labute approximate surface area is 135 Å². The van der Waals surface area contributed by atoms with Crippen molar-refractivity contribution in [2.45, 2.75) is 26.2 Å². The van der Waals surface area contributed by atoms with Crippen LogP contribution in [0.2, 0.25) is 0 Å². The van der Waals surface area contributed by atoms with Crippen molar-refractivity contribution in [1.29, 1.82) is 0 Å². The van der Waals surface area contributed by atoms with Crippen molar-refractivity contribution in [3.63, 3.8) is 0 Å². The van der Waals surface area contributed by atoms with E-state index in [0.29, 0.717) is 12.0 Å². The molecule has 0 aromatic carbocycles. The Hall–Kier alpha value is -2.56. The van der Waals surface area contributed by atoms with Crippen molar-refractivity contribution in [3.8, 4) is 0 Å². The fourth-order valence-electron chi connectivity index (χ4n) is 2.45. The predicted octanol–water partition coefficient (Wildman–Crippen LogP) is 3.13. The fraction of sp³-hybridized carbons (Fsp3) is 0.333. The number of hydrogen-bond donors (Lipinski definition) is 0. The summed E-state index contributed by atoms with van der Waals surface area (Å²) in [6.07, 6.45) is 8.89. The van der Waals surface area contributed by atoms with Crippen LogP contribution < -0.4 is 0 Å². The number of rotatable bonds is 7. The molecule has 0 spiro atoms. The monoisotopic (exact) mass is 316 g/mol. The van der Waals surface area contributed by atoms with E-state index >= 15 is 0 Å². The van der Waals surface area contributed by atoms with Gasteiger partial charge in [0.15, 0.2) is 0 Å². The van der Waals surface area contributed by atoms with Crippen molar-refractivity contribution in [1.82, 2.24) is 0 Å². The summed E-state index contributed by atoms with van der Waals surface area (Å²) in [6, 6.07) is 1.93. The maximum Gasteiger partial charge on any atom is 0.228 e. The molecule has 0 bridgehead atoms. The highest BCUT2D eigenvalue weighted by atomic mass is 16.5. The zero-order chi connectivity index (χ0) is 16.8. The lowest BCUT2D eigenvalue weighted by Crippen LogP contribution is -2.21. The third-order valence-electron chi connectivity index (χ3n) is 3.62. The second-order valence-electron chi connectivity index (χ2n) is 5.33. The van der Waals surface area contributed by atoms with Crippen molar-refractivity contribution in [2.75, 3.05) is 14.2 Å². The summed E-state index contributed by atoms with van der Waals surface area (Å²) in [4.78, 5) is 24.3. The number of ether oxygens (including phenoxy) is 2. The number of hydrogen-bond acceptors (Lipinski definition) is 5. The van der Waals surface area contributed by atoms with E-state index in [4.69, 9.17) is 13.9 Å². The van der Waals surface area contributed by atoms with Gasteiger partial charge in [-0.25, -0.2) is 0 Å². The maximum absolute atomic E-state index is 12.3.